The zero-order valence-corrected chi connectivity index (χ0v) is 22.8. The van der Waals surface area contributed by atoms with Crippen LogP contribution in [0.5, 0.6) is 0 Å². The third kappa shape index (κ3) is 2.69. The molecule has 0 atom stereocenters. The van der Waals surface area contributed by atoms with Gasteiger partial charge in [-0.2, -0.15) is 0 Å². The van der Waals surface area contributed by atoms with E-state index in [1.807, 2.05) is 0 Å². The van der Waals surface area contributed by atoms with Crippen molar-refractivity contribution in [1.82, 2.24) is 9.13 Å². The van der Waals surface area contributed by atoms with Crippen LogP contribution in [-0.2, 0) is 0 Å². The number of aromatic nitrogens is 2. The summed E-state index contributed by atoms with van der Waals surface area (Å²) in [7, 11) is 0. The molecule has 1 aliphatic carbocycles. The van der Waals surface area contributed by atoms with E-state index in [4.69, 9.17) is 0 Å². The van der Waals surface area contributed by atoms with Gasteiger partial charge in [0.2, 0.25) is 0 Å². The molecule has 2 nitrogen and oxygen atoms in total. The number of para-hydroxylation sites is 3. The lowest BCUT2D eigenvalue weighted by Gasteiger charge is -2.13. The molecule has 0 saturated heterocycles. The molecule has 2 aromatic heterocycles. The summed E-state index contributed by atoms with van der Waals surface area (Å²) >= 11 is 0. The lowest BCUT2D eigenvalue weighted by Crippen LogP contribution is -1.98. The largest absolute Gasteiger partial charge is 0.307 e. The van der Waals surface area contributed by atoms with E-state index in [1.165, 1.54) is 88.0 Å². The van der Waals surface area contributed by atoms with Crippen LogP contribution < -0.4 is 0 Å². The van der Waals surface area contributed by atoms with Crippen LogP contribution in [0.1, 0.15) is 0 Å². The van der Waals surface area contributed by atoms with Crippen LogP contribution in [0, 0.1) is 0 Å². The van der Waals surface area contributed by atoms with Crippen LogP contribution in [0.25, 0.3) is 88.0 Å². The number of fused-ring (bicyclic) bond motifs is 11. The van der Waals surface area contributed by atoms with E-state index in [-0.39, 0.29) is 0 Å². The Morgan fingerprint density at radius 2 is 0.857 bits per heavy atom. The summed E-state index contributed by atoms with van der Waals surface area (Å²) in [4.78, 5) is 0. The average Bonchev–Trinajstić information content (AvgIpc) is 3.69. The minimum Gasteiger partial charge on any atom is -0.307 e. The Morgan fingerprint density at radius 1 is 0.310 bits per heavy atom. The topological polar surface area (TPSA) is 9.86 Å². The lowest BCUT2D eigenvalue weighted by molar-refractivity contribution is 1.15. The van der Waals surface area contributed by atoms with E-state index in [9.17, 15) is 0 Å². The Bertz CT molecular complexity index is 2550. The normalized spacial score (nSPS) is 12.3. The van der Waals surface area contributed by atoms with Crippen molar-refractivity contribution in [3.05, 3.63) is 146 Å². The predicted octanol–water partition coefficient (Wildman–Crippen LogP) is 10.7. The number of hydrogen-bond donors (Lipinski definition) is 0. The van der Waals surface area contributed by atoms with Gasteiger partial charge in [0.15, 0.2) is 0 Å². The fourth-order valence-corrected chi connectivity index (χ4v) is 7.58. The van der Waals surface area contributed by atoms with Crippen molar-refractivity contribution >= 4 is 54.4 Å². The Hall–Kier alpha value is -5.60. The monoisotopic (exact) mass is 532 g/mol. The molecule has 0 bridgehead atoms. The molecule has 0 fully saturated rings. The van der Waals surface area contributed by atoms with Crippen molar-refractivity contribution in [1.29, 1.82) is 0 Å². The van der Waals surface area contributed by atoms with E-state index >= 15 is 0 Å². The SMILES string of the molecule is c1ccc(-n2c3ccccc3c3ccc4c5cc6c7c(cccc7c5n(-c5ccccc5)c4c32)-c2ccccc2-6)cc1. The maximum atomic E-state index is 2.52. The van der Waals surface area contributed by atoms with Crippen LogP contribution in [0.15, 0.2) is 146 Å². The molecule has 7 aromatic carbocycles. The zero-order valence-electron chi connectivity index (χ0n) is 22.8. The van der Waals surface area contributed by atoms with Gasteiger partial charge in [0, 0.05) is 38.3 Å². The van der Waals surface area contributed by atoms with Crippen LogP contribution in [0.2, 0.25) is 0 Å². The molecular weight excluding hydrogens is 508 g/mol. The van der Waals surface area contributed by atoms with Gasteiger partial charge >= 0.3 is 0 Å². The summed E-state index contributed by atoms with van der Waals surface area (Å²) in [5.74, 6) is 0. The van der Waals surface area contributed by atoms with E-state index in [0.717, 1.165) is 0 Å². The molecule has 42 heavy (non-hydrogen) atoms. The molecule has 0 saturated carbocycles. The first-order chi connectivity index (χ1) is 20.9. The maximum absolute atomic E-state index is 2.52. The van der Waals surface area contributed by atoms with Crippen molar-refractivity contribution in [2.75, 3.05) is 0 Å². The Kier molecular flexibility index (Phi) is 4.21. The predicted molar refractivity (Wildman–Crippen MR) is 177 cm³/mol. The molecule has 2 heterocycles. The van der Waals surface area contributed by atoms with Crippen LogP contribution >= 0.6 is 0 Å². The maximum Gasteiger partial charge on any atom is 0.0789 e. The second-order valence-electron chi connectivity index (χ2n) is 11.3. The highest BCUT2D eigenvalue weighted by Gasteiger charge is 2.27. The number of hydrogen-bond acceptors (Lipinski definition) is 0. The van der Waals surface area contributed by atoms with Gasteiger partial charge < -0.3 is 9.13 Å². The van der Waals surface area contributed by atoms with Gasteiger partial charge in [0.1, 0.15) is 0 Å². The van der Waals surface area contributed by atoms with Crippen molar-refractivity contribution < 1.29 is 0 Å². The molecule has 194 valence electrons. The molecule has 0 N–H and O–H groups in total. The van der Waals surface area contributed by atoms with Gasteiger partial charge in [-0.05, 0) is 64.0 Å². The molecule has 0 radical (unpaired) electrons. The highest BCUT2D eigenvalue weighted by Crippen LogP contribution is 2.52. The number of nitrogens with zero attached hydrogens (tertiary/aromatic N) is 2. The summed E-state index contributed by atoms with van der Waals surface area (Å²) in [5.41, 5.74) is 12.6. The highest BCUT2D eigenvalue weighted by atomic mass is 15.0. The second kappa shape index (κ2) is 7.99. The van der Waals surface area contributed by atoms with Crippen molar-refractivity contribution in [3.8, 4) is 33.6 Å². The smallest absolute Gasteiger partial charge is 0.0789 e. The zero-order chi connectivity index (χ0) is 27.4. The number of rotatable bonds is 2. The molecule has 9 aromatic rings. The summed E-state index contributed by atoms with van der Waals surface area (Å²) in [5, 5.41) is 7.75. The molecule has 2 heteroatoms. The van der Waals surface area contributed by atoms with Crippen LogP contribution in [0.3, 0.4) is 0 Å². The van der Waals surface area contributed by atoms with E-state index in [1.54, 1.807) is 0 Å². The molecule has 0 unspecified atom stereocenters. The fourth-order valence-electron chi connectivity index (χ4n) is 7.58. The summed E-state index contributed by atoms with van der Waals surface area (Å²) in [6.45, 7) is 0. The average molecular weight is 533 g/mol. The van der Waals surface area contributed by atoms with E-state index < -0.39 is 0 Å². The van der Waals surface area contributed by atoms with Crippen molar-refractivity contribution in [2.45, 2.75) is 0 Å². The summed E-state index contributed by atoms with van der Waals surface area (Å²) < 4.78 is 4.98. The first kappa shape index (κ1) is 22.1. The standard InChI is InChI=1S/C40H24N2/c1-3-12-25(13-4-1)41-36-21-10-9-18-29(36)31-22-23-32-35-24-34-28-17-8-7-16-27(28)30-19-11-20-33(37(30)34)38(35)42(40(32)39(31)41)26-14-5-2-6-15-26/h1-24H. The minimum absolute atomic E-state index is 1.17. The van der Waals surface area contributed by atoms with Gasteiger partial charge in [-0.3, -0.25) is 0 Å². The van der Waals surface area contributed by atoms with Gasteiger partial charge in [-0.15, -0.1) is 0 Å². The summed E-state index contributed by atoms with van der Waals surface area (Å²) in [6.07, 6.45) is 0. The minimum atomic E-state index is 1.17. The third-order valence-electron chi connectivity index (χ3n) is 9.22. The molecular formula is C40H24N2. The third-order valence-corrected chi connectivity index (χ3v) is 9.22. The van der Waals surface area contributed by atoms with Crippen molar-refractivity contribution in [2.24, 2.45) is 0 Å². The lowest BCUT2D eigenvalue weighted by atomic mass is 9.99. The van der Waals surface area contributed by atoms with Gasteiger partial charge in [-0.1, -0.05) is 109 Å². The Balaban J connectivity index is 1.51. The quantitative estimate of drug-likeness (QED) is 0.210. The number of benzene rings is 7. The molecule has 0 spiro atoms. The highest BCUT2D eigenvalue weighted by molar-refractivity contribution is 6.31. The van der Waals surface area contributed by atoms with Crippen molar-refractivity contribution in [3.63, 3.8) is 0 Å². The fraction of sp³-hybridized carbons (Fsp3) is 0. The van der Waals surface area contributed by atoms with E-state index in [2.05, 4.69) is 155 Å². The Morgan fingerprint density at radius 3 is 1.62 bits per heavy atom. The molecule has 0 aliphatic heterocycles. The van der Waals surface area contributed by atoms with Gasteiger partial charge in [-0.25, -0.2) is 0 Å². The van der Waals surface area contributed by atoms with Crippen LogP contribution in [0.4, 0.5) is 0 Å². The molecule has 10 rings (SSSR count). The molecule has 0 amide bonds. The second-order valence-corrected chi connectivity index (χ2v) is 11.3. The van der Waals surface area contributed by atoms with Gasteiger partial charge in [0.05, 0.1) is 22.1 Å². The first-order valence-corrected chi connectivity index (χ1v) is 14.5. The van der Waals surface area contributed by atoms with Gasteiger partial charge in [0.25, 0.3) is 0 Å². The summed E-state index contributed by atoms with van der Waals surface area (Å²) in [6, 6.07) is 53.3. The van der Waals surface area contributed by atoms with Crippen LogP contribution in [-0.4, -0.2) is 9.13 Å². The molecule has 1 aliphatic rings. The first-order valence-electron chi connectivity index (χ1n) is 14.5. The Labute approximate surface area is 242 Å². The van der Waals surface area contributed by atoms with E-state index in [0.29, 0.717) is 0 Å².